The monoisotopic (exact) mass is 380 g/mol. The molecule has 2 aromatic rings. The van der Waals surface area contributed by atoms with E-state index in [2.05, 4.69) is 11.4 Å². The van der Waals surface area contributed by atoms with Crippen LogP contribution >= 0.6 is 11.3 Å². The molecule has 0 saturated heterocycles. The third kappa shape index (κ3) is 5.39. The Morgan fingerprint density at radius 3 is 2.64 bits per heavy atom. The first-order chi connectivity index (χ1) is 11.8. The maximum atomic E-state index is 12.3. The van der Waals surface area contributed by atoms with Crippen molar-refractivity contribution in [2.75, 3.05) is 13.6 Å². The van der Waals surface area contributed by atoms with Crippen LogP contribution in [0.2, 0.25) is 0 Å². The summed E-state index contributed by atoms with van der Waals surface area (Å²) in [6.07, 6.45) is 0.787. The highest BCUT2D eigenvalue weighted by Crippen LogP contribution is 2.20. The predicted octanol–water partition coefficient (Wildman–Crippen LogP) is 3.08. The van der Waals surface area contributed by atoms with Crippen LogP contribution in [0, 0.1) is 13.8 Å². The fraction of sp³-hybridized carbons (Fsp3) is 0.389. The van der Waals surface area contributed by atoms with Crippen molar-refractivity contribution in [2.24, 2.45) is 0 Å². The van der Waals surface area contributed by atoms with Gasteiger partial charge in [0.15, 0.2) is 0 Å². The number of sulfonamides is 1. The van der Waals surface area contributed by atoms with E-state index >= 15 is 0 Å². The van der Waals surface area contributed by atoms with Crippen LogP contribution in [0.15, 0.2) is 39.9 Å². The lowest BCUT2D eigenvalue weighted by atomic mass is 10.1. The van der Waals surface area contributed by atoms with Crippen molar-refractivity contribution in [1.82, 2.24) is 9.62 Å². The molecule has 1 aromatic heterocycles. The Hall–Kier alpha value is -1.70. The van der Waals surface area contributed by atoms with E-state index < -0.39 is 10.0 Å². The largest absolute Gasteiger partial charge is 0.352 e. The fourth-order valence-electron chi connectivity index (χ4n) is 2.47. The van der Waals surface area contributed by atoms with Gasteiger partial charge in [0.2, 0.25) is 5.91 Å². The molecule has 1 aromatic carbocycles. The summed E-state index contributed by atoms with van der Waals surface area (Å²) in [7, 11) is -1.89. The Kier molecular flexibility index (Phi) is 6.75. The van der Waals surface area contributed by atoms with Crippen molar-refractivity contribution < 1.29 is 13.2 Å². The van der Waals surface area contributed by atoms with E-state index in [1.165, 1.54) is 21.2 Å². The average molecular weight is 381 g/mol. The summed E-state index contributed by atoms with van der Waals surface area (Å²) in [5, 5.41) is 4.63. The number of amides is 1. The molecule has 7 heteroatoms. The molecule has 1 N–H and O–H groups in total. The van der Waals surface area contributed by atoms with Crippen molar-refractivity contribution in [2.45, 2.75) is 37.4 Å². The minimum Gasteiger partial charge on any atom is -0.352 e. The quantitative estimate of drug-likeness (QED) is 0.765. The third-order valence-electron chi connectivity index (χ3n) is 4.01. The van der Waals surface area contributed by atoms with E-state index in [1.54, 1.807) is 24.6 Å². The molecule has 0 fully saturated rings. The SMILES string of the molecule is Cc1ccc(CNC(=O)CCCN(C)S(=O)(=O)c2cccs2)c(C)c1. The van der Waals surface area contributed by atoms with Crippen LogP contribution in [0.4, 0.5) is 0 Å². The molecule has 0 saturated carbocycles. The fourth-order valence-corrected chi connectivity index (χ4v) is 4.88. The van der Waals surface area contributed by atoms with Gasteiger partial charge in [-0.25, -0.2) is 12.7 Å². The van der Waals surface area contributed by atoms with Gasteiger partial charge in [-0.2, -0.15) is 0 Å². The minimum absolute atomic E-state index is 0.0677. The van der Waals surface area contributed by atoms with Crippen molar-refractivity contribution in [3.63, 3.8) is 0 Å². The first-order valence-electron chi connectivity index (χ1n) is 8.13. The first kappa shape index (κ1) is 19.6. The van der Waals surface area contributed by atoms with E-state index in [0.29, 0.717) is 30.1 Å². The normalized spacial score (nSPS) is 11.7. The van der Waals surface area contributed by atoms with E-state index in [0.717, 1.165) is 11.1 Å². The van der Waals surface area contributed by atoms with Crippen LogP contribution in [0.25, 0.3) is 0 Å². The molecule has 25 heavy (non-hydrogen) atoms. The van der Waals surface area contributed by atoms with E-state index in [4.69, 9.17) is 0 Å². The van der Waals surface area contributed by atoms with Crippen LogP contribution < -0.4 is 5.32 Å². The number of carbonyl (C=O) groups is 1. The van der Waals surface area contributed by atoms with E-state index in [1.807, 2.05) is 26.0 Å². The topological polar surface area (TPSA) is 66.5 Å². The molecule has 0 radical (unpaired) electrons. The van der Waals surface area contributed by atoms with Crippen molar-refractivity contribution in [3.05, 3.63) is 52.4 Å². The molecule has 136 valence electrons. The Labute approximate surface area is 153 Å². The number of nitrogens with one attached hydrogen (secondary N) is 1. The van der Waals surface area contributed by atoms with Gasteiger partial charge in [0.05, 0.1) is 0 Å². The molecule has 0 bridgehead atoms. The second-order valence-corrected chi connectivity index (χ2v) is 9.29. The highest BCUT2D eigenvalue weighted by molar-refractivity contribution is 7.91. The lowest BCUT2D eigenvalue weighted by Crippen LogP contribution is -2.29. The Balaban J connectivity index is 1.77. The smallest absolute Gasteiger partial charge is 0.252 e. The lowest BCUT2D eigenvalue weighted by Gasteiger charge is -2.15. The molecular formula is C18H24N2O3S2. The summed E-state index contributed by atoms with van der Waals surface area (Å²) in [6.45, 7) is 4.88. The molecule has 0 spiro atoms. The van der Waals surface area contributed by atoms with Crippen molar-refractivity contribution in [3.8, 4) is 0 Å². The number of aryl methyl sites for hydroxylation is 2. The van der Waals surface area contributed by atoms with Crippen LogP contribution in [0.5, 0.6) is 0 Å². The standard InChI is InChI=1S/C18H24N2O3S2/c1-14-8-9-16(15(2)12-14)13-19-17(21)6-4-10-20(3)25(22,23)18-7-5-11-24-18/h5,7-9,11-12H,4,6,10,13H2,1-3H3,(H,19,21). The minimum atomic E-state index is -3.44. The average Bonchev–Trinajstić information content (AvgIpc) is 3.09. The van der Waals surface area contributed by atoms with Gasteiger partial charge in [-0.1, -0.05) is 29.8 Å². The van der Waals surface area contributed by atoms with Gasteiger partial charge in [-0.3, -0.25) is 4.79 Å². The van der Waals surface area contributed by atoms with Gasteiger partial charge in [0, 0.05) is 26.6 Å². The Morgan fingerprint density at radius 1 is 1.24 bits per heavy atom. The second-order valence-electron chi connectivity index (χ2n) is 6.07. The summed E-state index contributed by atoms with van der Waals surface area (Å²) in [6, 6.07) is 9.44. The molecule has 0 unspecified atom stereocenters. The Morgan fingerprint density at radius 2 is 2.00 bits per heavy atom. The van der Waals surface area contributed by atoms with Crippen LogP contribution in [0.3, 0.4) is 0 Å². The highest BCUT2D eigenvalue weighted by Gasteiger charge is 2.21. The molecule has 1 heterocycles. The zero-order chi connectivity index (χ0) is 18.4. The van der Waals surface area contributed by atoms with Crippen molar-refractivity contribution >= 4 is 27.3 Å². The van der Waals surface area contributed by atoms with Crippen LogP contribution in [-0.2, 0) is 21.4 Å². The summed E-state index contributed by atoms with van der Waals surface area (Å²) in [4.78, 5) is 12.0. The third-order valence-corrected chi connectivity index (χ3v) is 7.24. The van der Waals surface area contributed by atoms with Crippen molar-refractivity contribution in [1.29, 1.82) is 0 Å². The number of thiophene rings is 1. The number of rotatable bonds is 8. The maximum Gasteiger partial charge on any atom is 0.252 e. The molecular weight excluding hydrogens is 356 g/mol. The van der Waals surface area contributed by atoms with Gasteiger partial charge in [-0.15, -0.1) is 11.3 Å². The number of carbonyl (C=O) groups excluding carboxylic acids is 1. The zero-order valence-corrected chi connectivity index (χ0v) is 16.4. The Bertz CT molecular complexity index is 815. The molecule has 0 aliphatic rings. The van der Waals surface area contributed by atoms with Gasteiger partial charge < -0.3 is 5.32 Å². The maximum absolute atomic E-state index is 12.3. The van der Waals surface area contributed by atoms with Gasteiger partial charge in [0.25, 0.3) is 10.0 Å². The highest BCUT2D eigenvalue weighted by atomic mass is 32.2. The molecule has 1 amide bonds. The zero-order valence-electron chi connectivity index (χ0n) is 14.8. The van der Waals surface area contributed by atoms with Crippen LogP contribution in [-0.4, -0.2) is 32.2 Å². The number of nitrogens with zero attached hydrogens (tertiary/aromatic N) is 1. The van der Waals surface area contributed by atoms with Gasteiger partial charge in [0.1, 0.15) is 4.21 Å². The van der Waals surface area contributed by atoms with Crippen LogP contribution in [0.1, 0.15) is 29.5 Å². The molecule has 0 aliphatic carbocycles. The molecule has 5 nitrogen and oxygen atoms in total. The predicted molar refractivity (Wildman–Crippen MR) is 101 cm³/mol. The first-order valence-corrected chi connectivity index (χ1v) is 10.5. The number of hydrogen-bond donors (Lipinski definition) is 1. The summed E-state index contributed by atoms with van der Waals surface area (Å²) >= 11 is 1.20. The molecule has 2 rings (SSSR count). The van der Waals surface area contributed by atoms with E-state index in [-0.39, 0.29) is 5.91 Å². The summed E-state index contributed by atoms with van der Waals surface area (Å²) < 4.78 is 26.2. The number of hydrogen-bond acceptors (Lipinski definition) is 4. The van der Waals surface area contributed by atoms with Gasteiger partial charge in [-0.05, 0) is 42.8 Å². The summed E-state index contributed by atoms with van der Waals surface area (Å²) in [5.41, 5.74) is 3.45. The second kappa shape index (κ2) is 8.60. The number of benzene rings is 1. The van der Waals surface area contributed by atoms with E-state index in [9.17, 15) is 13.2 Å². The summed E-state index contributed by atoms with van der Waals surface area (Å²) in [5.74, 6) is -0.0677. The molecule has 0 aliphatic heterocycles. The molecule has 0 atom stereocenters. The van der Waals surface area contributed by atoms with Gasteiger partial charge >= 0.3 is 0 Å². The lowest BCUT2D eigenvalue weighted by molar-refractivity contribution is -0.121.